The SMILES string of the molecule is COc1cc(OC)cc(C(=O)N2CCN(c3ccc(NC(=O)CSc4ccccc4)cc3)CC2)c1. The standard InChI is InChI=1S/C27H29N3O4S/c1-33-23-16-20(17-24(18-23)34-2)27(32)30-14-12-29(13-15-30)22-10-8-21(9-11-22)28-26(31)19-35-25-6-4-3-5-7-25/h3-11,16-18H,12-15,19H2,1-2H3,(H,28,31). The fraction of sp³-hybridized carbons (Fsp3) is 0.259. The van der Waals surface area contributed by atoms with E-state index < -0.39 is 0 Å². The van der Waals surface area contributed by atoms with Crippen molar-refractivity contribution in [3.8, 4) is 11.5 Å². The molecule has 1 saturated heterocycles. The number of benzene rings is 3. The summed E-state index contributed by atoms with van der Waals surface area (Å²) in [7, 11) is 3.14. The van der Waals surface area contributed by atoms with Crippen LogP contribution in [0.2, 0.25) is 0 Å². The molecule has 3 aromatic carbocycles. The maximum atomic E-state index is 13.0. The smallest absolute Gasteiger partial charge is 0.254 e. The second-order valence-corrected chi connectivity index (χ2v) is 9.13. The minimum absolute atomic E-state index is 0.0340. The summed E-state index contributed by atoms with van der Waals surface area (Å²) in [5.74, 6) is 1.48. The van der Waals surface area contributed by atoms with E-state index in [1.54, 1.807) is 32.4 Å². The Bertz CT molecular complexity index is 1120. The number of ether oxygens (including phenoxy) is 2. The number of amides is 2. The van der Waals surface area contributed by atoms with Crippen LogP contribution in [0.15, 0.2) is 77.7 Å². The Balaban J connectivity index is 1.28. The second kappa shape index (κ2) is 11.7. The molecule has 3 aromatic rings. The number of carbonyl (C=O) groups is 2. The van der Waals surface area contributed by atoms with Crippen LogP contribution in [0.1, 0.15) is 10.4 Å². The Morgan fingerprint density at radius 1 is 0.857 bits per heavy atom. The van der Waals surface area contributed by atoms with E-state index in [0.29, 0.717) is 35.9 Å². The van der Waals surface area contributed by atoms with Gasteiger partial charge in [0.25, 0.3) is 5.91 Å². The van der Waals surface area contributed by atoms with Crippen LogP contribution >= 0.6 is 11.8 Å². The van der Waals surface area contributed by atoms with Crippen LogP contribution < -0.4 is 19.7 Å². The van der Waals surface area contributed by atoms with Crippen LogP contribution in [-0.2, 0) is 4.79 Å². The van der Waals surface area contributed by atoms with Gasteiger partial charge in [0.2, 0.25) is 5.91 Å². The van der Waals surface area contributed by atoms with E-state index in [9.17, 15) is 9.59 Å². The summed E-state index contributed by atoms with van der Waals surface area (Å²) in [6.07, 6.45) is 0. The predicted octanol–water partition coefficient (Wildman–Crippen LogP) is 4.40. The Hall–Kier alpha value is -3.65. The molecular formula is C27H29N3O4S. The van der Waals surface area contributed by atoms with Crippen molar-refractivity contribution in [2.75, 3.05) is 56.4 Å². The first-order chi connectivity index (χ1) is 17.1. The summed E-state index contributed by atoms with van der Waals surface area (Å²) in [5.41, 5.74) is 2.39. The summed E-state index contributed by atoms with van der Waals surface area (Å²) < 4.78 is 10.6. The van der Waals surface area contributed by atoms with Crippen LogP contribution in [0.4, 0.5) is 11.4 Å². The number of piperazine rings is 1. The van der Waals surface area contributed by atoms with Crippen LogP contribution in [0.25, 0.3) is 0 Å². The molecule has 0 aromatic heterocycles. The molecule has 1 heterocycles. The van der Waals surface area contributed by atoms with E-state index in [4.69, 9.17) is 9.47 Å². The summed E-state index contributed by atoms with van der Waals surface area (Å²) in [5, 5.41) is 2.95. The molecule has 0 spiro atoms. The molecule has 1 fully saturated rings. The number of thioether (sulfide) groups is 1. The fourth-order valence-corrected chi connectivity index (χ4v) is 4.62. The Kier molecular flexibility index (Phi) is 8.15. The largest absolute Gasteiger partial charge is 0.497 e. The van der Waals surface area contributed by atoms with Gasteiger partial charge in [0.1, 0.15) is 11.5 Å². The van der Waals surface area contributed by atoms with Crippen molar-refractivity contribution in [3.63, 3.8) is 0 Å². The minimum Gasteiger partial charge on any atom is -0.497 e. The zero-order chi connectivity index (χ0) is 24.6. The second-order valence-electron chi connectivity index (χ2n) is 8.08. The van der Waals surface area contributed by atoms with Gasteiger partial charge in [0, 0.05) is 54.1 Å². The van der Waals surface area contributed by atoms with E-state index in [-0.39, 0.29) is 11.8 Å². The molecule has 0 unspecified atom stereocenters. The van der Waals surface area contributed by atoms with Crippen LogP contribution in [0.3, 0.4) is 0 Å². The number of carbonyl (C=O) groups excluding carboxylic acids is 2. The molecule has 0 atom stereocenters. The third kappa shape index (κ3) is 6.48. The highest BCUT2D eigenvalue weighted by molar-refractivity contribution is 8.00. The van der Waals surface area contributed by atoms with E-state index in [1.165, 1.54) is 11.8 Å². The zero-order valence-electron chi connectivity index (χ0n) is 19.9. The van der Waals surface area contributed by atoms with Crippen molar-refractivity contribution in [1.29, 1.82) is 0 Å². The molecule has 35 heavy (non-hydrogen) atoms. The molecular weight excluding hydrogens is 462 g/mol. The summed E-state index contributed by atoms with van der Waals surface area (Å²) in [6.45, 7) is 2.69. The lowest BCUT2D eigenvalue weighted by molar-refractivity contribution is -0.113. The third-order valence-corrected chi connectivity index (χ3v) is 6.81. The van der Waals surface area contributed by atoms with Crippen molar-refractivity contribution >= 4 is 35.0 Å². The molecule has 2 amide bonds. The van der Waals surface area contributed by atoms with Gasteiger partial charge in [0.15, 0.2) is 0 Å². The molecule has 8 heteroatoms. The highest BCUT2D eigenvalue weighted by Crippen LogP contribution is 2.25. The number of nitrogens with one attached hydrogen (secondary N) is 1. The maximum absolute atomic E-state index is 13.0. The average Bonchev–Trinajstić information content (AvgIpc) is 2.92. The topological polar surface area (TPSA) is 71.1 Å². The monoisotopic (exact) mass is 491 g/mol. The van der Waals surface area contributed by atoms with Gasteiger partial charge in [-0.05, 0) is 48.5 Å². The van der Waals surface area contributed by atoms with Crippen molar-refractivity contribution in [3.05, 3.63) is 78.4 Å². The molecule has 7 nitrogen and oxygen atoms in total. The highest BCUT2D eigenvalue weighted by Gasteiger charge is 2.23. The molecule has 182 valence electrons. The first-order valence-corrected chi connectivity index (χ1v) is 12.4. The lowest BCUT2D eigenvalue weighted by Crippen LogP contribution is -2.48. The molecule has 1 aliphatic heterocycles. The average molecular weight is 492 g/mol. The van der Waals surface area contributed by atoms with Crippen LogP contribution in [0, 0.1) is 0 Å². The van der Waals surface area contributed by atoms with Crippen molar-refractivity contribution in [1.82, 2.24) is 4.90 Å². The molecule has 0 bridgehead atoms. The summed E-state index contributed by atoms with van der Waals surface area (Å²) >= 11 is 1.51. The quantitative estimate of drug-likeness (QED) is 0.471. The van der Waals surface area contributed by atoms with Gasteiger partial charge in [-0.2, -0.15) is 0 Å². The Morgan fingerprint density at radius 3 is 2.09 bits per heavy atom. The van der Waals surface area contributed by atoms with E-state index in [0.717, 1.165) is 29.4 Å². The highest BCUT2D eigenvalue weighted by atomic mass is 32.2. The predicted molar refractivity (Wildman–Crippen MR) is 140 cm³/mol. The minimum atomic E-state index is -0.0343. The molecule has 0 aliphatic carbocycles. The Morgan fingerprint density at radius 2 is 1.49 bits per heavy atom. The number of hydrogen-bond acceptors (Lipinski definition) is 6. The number of rotatable bonds is 8. The van der Waals surface area contributed by atoms with E-state index in [1.807, 2.05) is 59.5 Å². The van der Waals surface area contributed by atoms with Gasteiger partial charge in [0.05, 0.1) is 20.0 Å². The third-order valence-electron chi connectivity index (χ3n) is 5.79. The fourth-order valence-electron chi connectivity index (χ4n) is 3.90. The van der Waals surface area contributed by atoms with Gasteiger partial charge < -0.3 is 24.6 Å². The van der Waals surface area contributed by atoms with Gasteiger partial charge in [-0.1, -0.05) is 18.2 Å². The number of nitrogens with zero attached hydrogens (tertiary/aromatic N) is 2. The summed E-state index contributed by atoms with van der Waals surface area (Å²) in [4.78, 5) is 30.5. The lowest BCUT2D eigenvalue weighted by Gasteiger charge is -2.36. The first kappa shape index (κ1) is 24.5. The van der Waals surface area contributed by atoms with Gasteiger partial charge in [-0.15, -0.1) is 11.8 Å². The van der Waals surface area contributed by atoms with Gasteiger partial charge in [-0.25, -0.2) is 0 Å². The normalized spacial score (nSPS) is 13.3. The van der Waals surface area contributed by atoms with E-state index in [2.05, 4.69) is 10.2 Å². The molecule has 0 saturated carbocycles. The van der Waals surface area contributed by atoms with Gasteiger partial charge >= 0.3 is 0 Å². The number of methoxy groups -OCH3 is 2. The van der Waals surface area contributed by atoms with E-state index >= 15 is 0 Å². The molecule has 0 radical (unpaired) electrons. The first-order valence-electron chi connectivity index (χ1n) is 11.4. The lowest BCUT2D eigenvalue weighted by atomic mass is 10.1. The zero-order valence-corrected chi connectivity index (χ0v) is 20.7. The molecule has 4 rings (SSSR count). The van der Waals surface area contributed by atoms with Gasteiger partial charge in [-0.3, -0.25) is 9.59 Å². The van der Waals surface area contributed by atoms with Crippen molar-refractivity contribution in [2.45, 2.75) is 4.90 Å². The van der Waals surface area contributed by atoms with Crippen LogP contribution in [0.5, 0.6) is 11.5 Å². The van der Waals surface area contributed by atoms with Crippen molar-refractivity contribution in [2.24, 2.45) is 0 Å². The molecule has 1 N–H and O–H groups in total. The summed E-state index contributed by atoms with van der Waals surface area (Å²) in [6, 6.07) is 22.9. The molecule has 1 aliphatic rings. The Labute approximate surface area is 210 Å². The van der Waals surface area contributed by atoms with Crippen LogP contribution in [-0.4, -0.2) is 62.9 Å². The van der Waals surface area contributed by atoms with Crippen molar-refractivity contribution < 1.29 is 19.1 Å². The maximum Gasteiger partial charge on any atom is 0.254 e. The number of anilines is 2. The number of hydrogen-bond donors (Lipinski definition) is 1.